The van der Waals surface area contributed by atoms with E-state index in [1.54, 1.807) is 17.0 Å². The highest BCUT2D eigenvalue weighted by Crippen LogP contribution is 2.23. The van der Waals surface area contributed by atoms with Gasteiger partial charge in [-0.15, -0.1) is 0 Å². The standard InChI is InChI=1S/C24H26N6O4S/c1-16-5-6-20-19(13-16)22-23(27-20)24(32)30(15-26-22)8-7-21(31)29-11-9-28(10-12-29)17-3-2-4-18(14-17)35(25,33)34/h2-6,13-15,27H,7-12H2,1H3,(H2,25,33,34). The second-order valence-corrected chi connectivity index (χ2v) is 10.4. The van der Waals surface area contributed by atoms with Crippen molar-refractivity contribution in [1.29, 1.82) is 0 Å². The van der Waals surface area contributed by atoms with E-state index in [0.717, 1.165) is 22.2 Å². The third-order valence-electron chi connectivity index (χ3n) is 6.44. The molecular formula is C24H26N6O4S. The Bertz CT molecular complexity index is 1600. The molecule has 1 aliphatic heterocycles. The Morgan fingerprint density at radius 1 is 1.11 bits per heavy atom. The molecule has 1 fully saturated rings. The average Bonchev–Trinajstić information content (AvgIpc) is 3.22. The summed E-state index contributed by atoms with van der Waals surface area (Å²) in [4.78, 5) is 37.3. The lowest BCUT2D eigenvalue weighted by molar-refractivity contribution is -0.131. The first-order chi connectivity index (χ1) is 16.7. The number of carbonyl (C=O) groups is 1. The molecule has 5 rings (SSSR count). The number of fused-ring (bicyclic) bond motifs is 3. The van der Waals surface area contributed by atoms with Crippen molar-refractivity contribution in [2.24, 2.45) is 5.14 Å². The summed E-state index contributed by atoms with van der Waals surface area (Å²) in [5, 5.41) is 6.15. The quantitative estimate of drug-likeness (QED) is 0.433. The molecule has 4 aromatic rings. The molecule has 0 bridgehead atoms. The first-order valence-corrected chi connectivity index (χ1v) is 12.9. The zero-order valence-electron chi connectivity index (χ0n) is 19.3. The lowest BCUT2D eigenvalue weighted by Gasteiger charge is -2.36. The number of carbonyl (C=O) groups excluding carboxylic acids is 1. The molecule has 11 heteroatoms. The molecule has 1 saturated heterocycles. The zero-order chi connectivity index (χ0) is 24.7. The first-order valence-electron chi connectivity index (χ1n) is 11.3. The predicted octanol–water partition coefficient (Wildman–Crippen LogP) is 1.57. The van der Waals surface area contributed by atoms with Crippen LogP contribution >= 0.6 is 0 Å². The molecular weight excluding hydrogens is 468 g/mol. The van der Waals surface area contributed by atoms with Crippen molar-refractivity contribution in [2.45, 2.75) is 24.8 Å². The van der Waals surface area contributed by atoms with Gasteiger partial charge in [-0.05, 0) is 37.3 Å². The number of piperazine rings is 1. The van der Waals surface area contributed by atoms with Gasteiger partial charge in [0.15, 0.2) is 0 Å². The average molecular weight is 495 g/mol. The Labute approximate surface area is 202 Å². The second kappa shape index (κ2) is 8.82. The number of benzene rings is 2. The SMILES string of the molecule is Cc1ccc2[nH]c3c(=O)n(CCC(=O)N4CCN(c5cccc(S(N)(=O)=O)c5)CC4)cnc3c2c1. The number of rotatable bonds is 5. The number of aromatic nitrogens is 3. The van der Waals surface area contributed by atoms with Gasteiger partial charge in [-0.3, -0.25) is 14.2 Å². The summed E-state index contributed by atoms with van der Waals surface area (Å²) >= 11 is 0. The number of hydrogen-bond acceptors (Lipinski definition) is 6. The molecule has 3 heterocycles. The number of nitrogens with one attached hydrogen (secondary N) is 1. The van der Waals surface area contributed by atoms with E-state index in [1.165, 1.54) is 17.0 Å². The van der Waals surface area contributed by atoms with Crippen LogP contribution in [-0.2, 0) is 21.4 Å². The molecule has 35 heavy (non-hydrogen) atoms. The second-order valence-electron chi connectivity index (χ2n) is 8.80. The van der Waals surface area contributed by atoms with Crippen LogP contribution in [0.2, 0.25) is 0 Å². The fourth-order valence-corrected chi connectivity index (χ4v) is 5.06. The number of aryl methyl sites for hydroxylation is 2. The number of nitrogens with zero attached hydrogens (tertiary/aromatic N) is 4. The number of anilines is 1. The van der Waals surface area contributed by atoms with Gasteiger partial charge < -0.3 is 14.8 Å². The predicted molar refractivity (Wildman–Crippen MR) is 134 cm³/mol. The minimum absolute atomic E-state index is 0.0396. The van der Waals surface area contributed by atoms with Gasteiger partial charge in [0.2, 0.25) is 15.9 Å². The molecule has 3 N–H and O–H groups in total. The third-order valence-corrected chi connectivity index (χ3v) is 7.35. The summed E-state index contributed by atoms with van der Waals surface area (Å²) in [6.45, 7) is 4.39. The summed E-state index contributed by atoms with van der Waals surface area (Å²) in [6.07, 6.45) is 1.69. The third kappa shape index (κ3) is 4.52. The van der Waals surface area contributed by atoms with Gasteiger partial charge in [0.25, 0.3) is 5.56 Å². The smallest absolute Gasteiger partial charge is 0.277 e. The first kappa shape index (κ1) is 23.1. The minimum atomic E-state index is -3.78. The number of sulfonamides is 1. The maximum absolute atomic E-state index is 13.0. The number of nitrogens with two attached hydrogens (primary N) is 1. The summed E-state index contributed by atoms with van der Waals surface area (Å²) in [5.74, 6) is -0.0396. The fourth-order valence-electron chi connectivity index (χ4n) is 4.51. The summed E-state index contributed by atoms with van der Waals surface area (Å²) in [6, 6.07) is 12.4. The number of primary sulfonamides is 1. The Kier molecular flexibility index (Phi) is 5.81. The van der Waals surface area contributed by atoms with E-state index in [-0.39, 0.29) is 29.3 Å². The fraction of sp³-hybridized carbons (Fsp3) is 0.292. The summed E-state index contributed by atoms with van der Waals surface area (Å²) < 4.78 is 24.7. The van der Waals surface area contributed by atoms with Crippen LogP contribution in [0.25, 0.3) is 21.9 Å². The molecule has 10 nitrogen and oxygen atoms in total. The monoisotopic (exact) mass is 494 g/mol. The summed E-state index contributed by atoms with van der Waals surface area (Å²) in [7, 11) is -3.78. The number of hydrogen-bond donors (Lipinski definition) is 2. The Hall–Kier alpha value is -3.70. The van der Waals surface area contributed by atoms with Crippen LogP contribution in [0.15, 0.2) is 58.5 Å². The summed E-state index contributed by atoms with van der Waals surface area (Å²) in [5.41, 5.74) is 3.58. The number of aromatic amines is 1. The van der Waals surface area contributed by atoms with Crippen molar-refractivity contribution >= 4 is 43.6 Å². The molecule has 1 aliphatic rings. The van der Waals surface area contributed by atoms with Gasteiger partial charge in [-0.2, -0.15) is 0 Å². The van der Waals surface area contributed by atoms with Crippen LogP contribution < -0.4 is 15.6 Å². The van der Waals surface area contributed by atoms with Gasteiger partial charge >= 0.3 is 0 Å². The normalized spacial score (nSPS) is 14.7. The van der Waals surface area contributed by atoms with E-state index in [2.05, 4.69) is 9.97 Å². The van der Waals surface area contributed by atoms with Crippen molar-refractivity contribution in [2.75, 3.05) is 31.1 Å². The largest absolute Gasteiger partial charge is 0.368 e. The van der Waals surface area contributed by atoms with Crippen LogP contribution in [0.1, 0.15) is 12.0 Å². The molecule has 0 spiro atoms. The van der Waals surface area contributed by atoms with E-state index < -0.39 is 10.0 Å². The van der Waals surface area contributed by atoms with Gasteiger partial charge in [0.1, 0.15) is 11.0 Å². The van der Waals surface area contributed by atoms with Crippen molar-refractivity contribution in [3.63, 3.8) is 0 Å². The molecule has 182 valence electrons. The van der Waals surface area contributed by atoms with Crippen LogP contribution in [0.5, 0.6) is 0 Å². The topological polar surface area (TPSA) is 134 Å². The van der Waals surface area contributed by atoms with Crippen molar-refractivity contribution in [3.05, 3.63) is 64.7 Å². The van der Waals surface area contributed by atoms with Gasteiger partial charge in [-0.1, -0.05) is 17.7 Å². The maximum atomic E-state index is 13.0. The van der Waals surface area contributed by atoms with E-state index in [0.29, 0.717) is 37.2 Å². The highest BCUT2D eigenvalue weighted by atomic mass is 32.2. The molecule has 0 aliphatic carbocycles. The molecule has 0 saturated carbocycles. The highest BCUT2D eigenvalue weighted by molar-refractivity contribution is 7.89. The van der Waals surface area contributed by atoms with Crippen LogP contribution in [0, 0.1) is 6.92 Å². The Morgan fingerprint density at radius 2 is 1.89 bits per heavy atom. The number of H-pyrrole nitrogens is 1. The van der Waals surface area contributed by atoms with Crippen LogP contribution in [0.4, 0.5) is 5.69 Å². The van der Waals surface area contributed by atoms with E-state index in [4.69, 9.17) is 5.14 Å². The molecule has 2 aromatic heterocycles. The molecule has 1 amide bonds. The van der Waals surface area contributed by atoms with Gasteiger partial charge in [0, 0.05) is 55.7 Å². The highest BCUT2D eigenvalue weighted by Gasteiger charge is 2.22. The van der Waals surface area contributed by atoms with Crippen LogP contribution in [0.3, 0.4) is 0 Å². The van der Waals surface area contributed by atoms with E-state index in [1.807, 2.05) is 36.1 Å². The lowest BCUT2D eigenvalue weighted by atomic mass is 10.2. The zero-order valence-corrected chi connectivity index (χ0v) is 20.1. The molecule has 0 atom stereocenters. The van der Waals surface area contributed by atoms with Crippen LogP contribution in [-0.4, -0.2) is 59.9 Å². The number of amides is 1. The molecule has 0 unspecified atom stereocenters. The van der Waals surface area contributed by atoms with Crippen molar-refractivity contribution < 1.29 is 13.2 Å². The molecule has 2 aromatic carbocycles. The van der Waals surface area contributed by atoms with E-state index in [9.17, 15) is 18.0 Å². The van der Waals surface area contributed by atoms with Gasteiger partial charge in [-0.25, -0.2) is 18.5 Å². The van der Waals surface area contributed by atoms with Crippen molar-refractivity contribution in [3.8, 4) is 0 Å². The Balaban J connectivity index is 1.23. The maximum Gasteiger partial charge on any atom is 0.277 e. The minimum Gasteiger partial charge on any atom is -0.368 e. The van der Waals surface area contributed by atoms with E-state index >= 15 is 0 Å². The Morgan fingerprint density at radius 3 is 2.63 bits per heavy atom. The lowest BCUT2D eigenvalue weighted by Crippen LogP contribution is -2.49. The van der Waals surface area contributed by atoms with Gasteiger partial charge in [0.05, 0.1) is 11.2 Å². The molecule has 0 radical (unpaired) electrons. The van der Waals surface area contributed by atoms with Crippen molar-refractivity contribution in [1.82, 2.24) is 19.4 Å².